The average molecular weight is 357 g/mol. The van der Waals surface area contributed by atoms with Crippen molar-refractivity contribution in [1.82, 2.24) is 0 Å². The van der Waals surface area contributed by atoms with Crippen LogP contribution in [0.15, 0.2) is 90.5 Å². The van der Waals surface area contributed by atoms with Gasteiger partial charge in [0.25, 0.3) is 0 Å². The van der Waals surface area contributed by atoms with E-state index in [1.165, 1.54) is 39.0 Å². The van der Waals surface area contributed by atoms with Crippen molar-refractivity contribution < 1.29 is 0 Å². The predicted octanol–water partition coefficient (Wildman–Crippen LogP) is 7.36. The highest BCUT2D eigenvalue weighted by Gasteiger charge is 2.27. The summed E-state index contributed by atoms with van der Waals surface area (Å²) in [6, 6.07) is 27.6. The van der Waals surface area contributed by atoms with Gasteiger partial charge in [0.1, 0.15) is 0 Å². The molecule has 0 aliphatic heterocycles. The van der Waals surface area contributed by atoms with Crippen LogP contribution >= 0.6 is 11.6 Å². The van der Waals surface area contributed by atoms with Gasteiger partial charge in [0, 0.05) is 10.9 Å². The van der Waals surface area contributed by atoms with Crippen LogP contribution in [0.2, 0.25) is 5.02 Å². The Kier molecular flexibility index (Phi) is 4.53. The highest BCUT2D eigenvalue weighted by Crippen LogP contribution is 2.46. The molecule has 4 rings (SSSR count). The Hall–Kier alpha value is -2.57. The second-order valence-electron chi connectivity index (χ2n) is 6.93. The molecule has 0 nitrogen and oxygen atoms in total. The van der Waals surface area contributed by atoms with Crippen LogP contribution in [-0.2, 0) is 0 Å². The van der Waals surface area contributed by atoms with Gasteiger partial charge in [-0.1, -0.05) is 90.0 Å². The highest BCUT2D eigenvalue weighted by molar-refractivity contribution is 6.30. The Morgan fingerprint density at radius 2 is 1.42 bits per heavy atom. The summed E-state index contributed by atoms with van der Waals surface area (Å²) in [6.45, 7) is 4.41. The van der Waals surface area contributed by atoms with Gasteiger partial charge in [0.15, 0.2) is 0 Å². The van der Waals surface area contributed by atoms with Crippen molar-refractivity contribution in [1.29, 1.82) is 0 Å². The number of fused-ring (bicyclic) bond motifs is 1. The maximum atomic E-state index is 6.09. The van der Waals surface area contributed by atoms with Crippen molar-refractivity contribution in [3.8, 4) is 0 Å². The molecular weight excluding hydrogens is 336 g/mol. The van der Waals surface area contributed by atoms with Crippen LogP contribution < -0.4 is 0 Å². The quantitative estimate of drug-likeness (QED) is 0.459. The molecule has 0 aromatic heterocycles. The number of hydrogen-bond acceptors (Lipinski definition) is 0. The first kappa shape index (κ1) is 16.9. The molecule has 0 N–H and O–H groups in total. The monoisotopic (exact) mass is 356 g/mol. The first-order chi connectivity index (χ1) is 12.6. The van der Waals surface area contributed by atoms with E-state index in [-0.39, 0.29) is 5.92 Å². The summed E-state index contributed by atoms with van der Waals surface area (Å²) in [7, 11) is 0. The smallest absolute Gasteiger partial charge is 0.0406 e. The van der Waals surface area contributed by atoms with E-state index >= 15 is 0 Å². The Morgan fingerprint density at radius 1 is 0.769 bits per heavy atom. The zero-order chi connectivity index (χ0) is 18.1. The van der Waals surface area contributed by atoms with Gasteiger partial charge in [0.05, 0.1) is 0 Å². The summed E-state index contributed by atoms with van der Waals surface area (Å²) in [5, 5.41) is 0.770. The molecule has 0 saturated carbocycles. The third-order valence-electron chi connectivity index (χ3n) is 5.01. The lowest BCUT2D eigenvalue weighted by atomic mass is 9.85. The summed E-state index contributed by atoms with van der Waals surface area (Å²) in [4.78, 5) is 0. The second kappa shape index (κ2) is 6.97. The lowest BCUT2D eigenvalue weighted by Crippen LogP contribution is -1.99. The second-order valence-corrected chi connectivity index (χ2v) is 7.37. The summed E-state index contributed by atoms with van der Waals surface area (Å²) in [5.74, 6) is 0.268. The number of hydrogen-bond donors (Lipinski definition) is 0. The van der Waals surface area contributed by atoms with Crippen molar-refractivity contribution in [2.45, 2.75) is 19.8 Å². The molecule has 0 fully saturated rings. The third-order valence-corrected chi connectivity index (χ3v) is 5.26. The number of allylic oxidation sites excluding steroid dienone is 3. The molecule has 1 aliphatic carbocycles. The van der Waals surface area contributed by atoms with E-state index in [0.717, 1.165) is 5.02 Å². The zero-order valence-corrected chi connectivity index (χ0v) is 15.8. The Bertz CT molecular complexity index is 988. The Balaban J connectivity index is 1.89. The van der Waals surface area contributed by atoms with Crippen LogP contribution in [0.3, 0.4) is 0 Å². The first-order valence-electron chi connectivity index (χ1n) is 8.95. The minimum absolute atomic E-state index is 0.268. The van der Waals surface area contributed by atoms with Crippen LogP contribution in [0.25, 0.3) is 11.1 Å². The Morgan fingerprint density at radius 3 is 2.12 bits per heavy atom. The van der Waals surface area contributed by atoms with E-state index in [9.17, 15) is 0 Å². The van der Waals surface area contributed by atoms with Gasteiger partial charge in [-0.3, -0.25) is 0 Å². The Labute approximate surface area is 160 Å². The molecule has 26 heavy (non-hydrogen) atoms. The van der Waals surface area contributed by atoms with Crippen molar-refractivity contribution in [2.24, 2.45) is 0 Å². The van der Waals surface area contributed by atoms with Gasteiger partial charge in [0.2, 0.25) is 0 Å². The topological polar surface area (TPSA) is 0 Å². The predicted molar refractivity (Wildman–Crippen MR) is 112 cm³/mol. The third kappa shape index (κ3) is 3.02. The van der Waals surface area contributed by atoms with E-state index < -0.39 is 0 Å². The molecule has 0 heterocycles. The van der Waals surface area contributed by atoms with E-state index in [1.54, 1.807) is 0 Å². The van der Waals surface area contributed by atoms with Gasteiger partial charge in [-0.05, 0) is 59.4 Å². The van der Waals surface area contributed by atoms with Gasteiger partial charge >= 0.3 is 0 Å². The largest absolute Gasteiger partial charge is 0.0843 e. The molecule has 1 heteroatoms. The van der Waals surface area contributed by atoms with Crippen molar-refractivity contribution >= 4 is 22.7 Å². The molecule has 0 spiro atoms. The van der Waals surface area contributed by atoms with E-state index in [4.69, 9.17) is 11.6 Å². The van der Waals surface area contributed by atoms with Crippen LogP contribution in [0, 0.1) is 0 Å². The minimum Gasteiger partial charge on any atom is -0.0843 e. The van der Waals surface area contributed by atoms with Crippen molar-refractivity contribution in [3.05, 3.63) is 118 Å². The van der Waals surface area contributed by atoms with E-state index in [2.05, 4.69) is 86.7 Å². The lowest BCUT2D eigenvalue weighted by Gasteiger charge is -2.18. The molecule has 3 aromatic carbocycles. The van der Waals surface area contributed by atoms with Crippen LogP contribution in [0.5, 0.6) is 0 Å². The zero-order valence-electron chi connectivity index (χ0n) is 15.0. The van der Waals surface area contributed by atoms with Gasteiger partial charge in [-0.2, -0.15) is 0 Å². The summed E-state index contributed by atoms with van der Waals surface area (Å²) >= 11 is 6.09. The standard InChI is InChI=1S/C25H21Cl/c1-17(2)25(19-8-4-3-5-9-19)24-16-23(18-12-14-20(26)15-13-18)21-10-6-7-11-22(21)24/h3-16,24H,1-2H3. The molecule has 0 radical (unpaired) electrons. The molecule has 128 valence electrons. The molecule has 0 bridgehead atoms. The normalized spacial score (nSPS) is 15.3. The van der Waals surface area contributed by atoms with Gasteiger partial charge in [-0.25, -0.2) is 0 Å². The molecule has 0 amide bonds. The van der Waals surface area contributed by atoms with E-state index in [0.29, 0.717) is 0 Å². The minimum atomic E-state index is 0.268. The summed E-state index contributed by atoms with van der Waals surface area (Å²) in [5.41, 5.74) is 9.22. The molecular formula is C25H21Cl. The summed E-state index contributed by atoms with van der Waals surface area (Å²) < 4.78 is 0. The molecule has 1 aliphatic rings. The first-order valence-corrected chi connectivity index (χ1v) is 9.33. The fourth-order valence-corrected chi connectivity index (χ4v) is 4.00. The van der Waals surface area contributed by atoms with Gasteiger partial charge < -0.3 is 0 Å². The lowest BCUT2D eigenvalue weighted by molar-refractivity contribution is 1.10. The maximum Gasteiger partial charge on any atom is 0.0406 e. The number of rotatable bonds is 3. The molecule has 0 saturated heterocycles. The fourth-order valence-electron chi connectivity index (χ4n) is 3.88. The van der Waals surface area contributed by atoms with Crippen molar-refractivity contribution in [2.75, 3.05) is 0 Å². The average Bonchev–Trinajstić information content (AvgIpc) is 3.03. The van der Waals surface area contributed by atoms with Crippen LogP contribution in [0.1, 0.15) is 42.0 Å². The van der Waals surface area contributed by atoms with E-state index in [1.807, 2.05) is 12.1 Å². The van der Waals surface area contributed by atoms with Crippen LogP contribution in [0.4, 0.5) is 0 Å². The SMILES string of the molecule is CC(C)=C(c1ccccc1)C1C=C(c2ccc(Cl)cc2)c2ccccc21. The molecule has 1 atom stereocenters. The van der Waals surface area contributed by atoms with Crippen molar-refractivity contribution in [3.63, 3.8) is 0 Å². The fraction of sp³-hybridized carbons (Fsp3) is 0.120. The van der Waals surface area contributed by atoms with Crippen LogP contribution in [-0.4, -0.2) is 0 Å². The number of benzene rings is 3. The summed E-state index contributed by atoms with van der Waals surface area (Å²) in [6.07, 6.45) is 2.41. The van der Waals surface area contributed by atoms with Gasteiger partial charge in [-0.15, -0.1) is 0 Å². The molecule has 3 aromatic rings. The number of halogens is 1. The highest BCUT2D eigenvalue weighted by atomic mass is 35.5. The molecule has 1 unspecified atom stereocenters. The maximum absolute atomic E-state index is 6.09.